The summed E-state index contributed by atoms with van der Waals surface area (Å²) in [5.74, 6) is -1.61. The molecule has 0 aliphatic carbocycles. The zero-order valence-electron chi connectivity index (χ0n) is 12.1. The molecule has 2 rings (SSSR count). The third kappa shape index (κ3) is 3.89. The minimum Gasteiger partial charge on any atom is -0.310 e. The number of nitrogens with one attached hydrogen (secondary N) is 1. The lowest BCUT2D eigenvalue weighted by Gasteiger charge is -2.21. The molecule has 0 heterocycles. The number of halogens is 3. The van der Waals surface area contributed by atoms with Crippen molar-refractivity contribution in [1.29, 1.82) is 0 Å². The van der Waals surface area contributed by atoms with Crippen LogP contribution in [0, 0.1) is 18.6 Å². The van der Waals surface area contributed by atoms with Crippen molar-refractivity contribution in [3.8, 4) is 0 Å². The first-order valence-electron chi connectivity index (χ1n) is 6.95. The first-order chi connectivity index (χ1) is 10.0. The normalized spacial score (nSPS) is 12.4. The fraction of sp³-hybridized carbons (Fsp3) is 0.294. The predicted octanol–water partition coefficient (Wildman–Crippen LogP) is 4.93. The molecular formula is C17H18BrF2N. The van der Waals surface area contributed by atoms with Gasteiger partial charge >= 0.3 is 0 Å². The van der Waals surface area contributed by atoms with Gasteiger partial charge in [0.25, 0.3) is 0 Å². The van der Waals surface area contributed by atoms with Crippen LogP contribution in [0.2, 0.25) is 0 Å². The molecule has 0 aliphatic heterocycles. The summed E-state index contributed by atoms with van der Waals surface area (Å²) in [7, 11) is 0. The highest BCUT2D eigenvalue weighted by atomic mass is 79.9. The van der Waals surface area contributed by atoms with E-state index in [1.54, 1.807) is 6.07 Å². The summed E-state index contributed by atoms with van der Waals surface area (Å²) in [5.41, 5.74) is 3.10. The Morgan fingerprint density at radius 3 is 2.57 bits per heavy atom. The standard InChI is InChI=1S/C17H18BrF2N/c1-3-21-17(13-5-4-6-14(18)11(13)2)10-12-7-8-15(19)16(20)9-12/h4-9,17,21H,3,10H2,1-2H3. The molecule has 0 saturated heterocycles. The number of likely N-dealkylation sites (N-methyl/N-ethyl adjacent to an activating group) is 1. The molecule has 1 N–H and O–H groups in total. The van der Waals surface area contributed by atoms with Crippen LogP contribution in [0.15, 0.2) is 40.9 Å². The van der Waals surface area contributed by atoms with Gasteiger partial charge in [0.15, 0.2) is 11.6 Å². The van der Waals surface area contributed by atoms with E-state index in [-0.39, 0.29) is 6.04 Å². The van der Waals surface area contributed by atoms with E-state index in [2.05, 4.69) is 34.2 Å². The molecule has 0 amide bonds. The van der Waals surface area contributed by atoms with Gasteiger partial charge in [0.1, 0.15) is 0 Å². The summed E-state index contributed by atoms with van der Waals surface area (Å²) in [6.07, 6.45) is 0.613. The second-order valence-corrected chi connectivity index (χ2v) is 5.87. The minimum atomic E-state index is -0.808. The van der Waals surface area contributed by atoms with Crippen LogP contribution in [0.5, 0.6) is 0 Å². The van der Waals surface area contributed by atoms with E-state index < -0.39 is 11.6 Å². The van der Waals surface area contributed by atoms with E-state index in [0.29, 0.717) is 6.42 Å². The molecule has 2 aromatic carbocycles. The Labute approximate surface area is 132 Å². The molecule has 0 radical (unpaired) electrons. The van der Waals surface area contributed by atoms with E-state index >= 15 is 0 Å². The maximum absolute atomic E-state index is 13.4. The van der Waals surface area contributed by atoms with Crippen LogP contribution in [0.4, 0.5) is 8.78 Å². The molecule has 112 valence electrons. The quantitative estimate of drug-likeness (QED) is 0.803. The lowest BCUT2D eigenvalue weighted by molar-refractivity contribution is 0.502. The Morgan fingerprint density at radius 2 is 1.90 bits per heavy atom. The van der Waals surface area contributed by atoms with E-state index in [1.807, 2.05) is 19.1 Å². The van der Waals surface area contributed by atoms with Gasteiger partial charge in [-0.1, -0.05) is 41.1 Å². The lowest BCUT2D eigenvalue weighted by atomic mass is 9.95. The third-order valence-electron chi connectivity index (χ3n) is 3.56. The molecule has 1 atom stereocenters. The maximum atomic E-state index is 13.4. The lowest BCUT2D eigenvalue weighted by Crippen LogP contribution is -2.24. The SMILES string of the molecule is CCNC(Cc1ccc(F)c(F)c1)c1cccc(Br)c1C. The Kier molecular flexibility index (Phi) is 5.48. The summed E-state index contributed by atoms with van der Waals surface area (Å²) in [4.78, 5) is 0. The van der Waals surface area contributed by atoms with Crippen molar-refractivity contribution in [2.75, 3.05) is 6.54 Å². The van der Waals surface area contributed by atoms with Crippen molar-refractivity contribution in [3.63, 3.8) is 0 Å². The van der Waals surface area contributed by atoms with Crippen molar-refractivity contribution in [1.82, 2.24) is 5.32 Å². The van der Waals surface area contributed by atoms with Gasteiger partial charge in [-0.25, -0.2) is 8.78 Å². The van der Waals surface area contributed by atoms with Gasteiger partial charge in [-0.3, -0.25) is 0 Å². The number of rotatable bonds is 5. The van der Waals surface area contributed by atoms with Gasteiger partial charge in [0.2, 0.25) is 0 Å². The third-order valence-corrected chi connectivity index (χ3v) is 4.42. The fourth-order valence-corrected chi connectivity index (χ4v) is 2.82. The van der Waals surface area contributed by atoms with Gasteiger partial charge in [0, 0.05) is 10.5 Å². The first kappa shape index (κ1) is 16.1. The maximum Gasteiger partial charge on any atom is 0.159 e. The smallest absolute Gasteiger partial charge is 0.159 e. The van der Waals surface area contributed by atoms with E-state index in [1.165, 1.54) is 12.1 Å². The van der Waals surface area contributed by atoms with Crippen molar-refractivity contribution in [2.45, 2.75) is 26.3 Å². The van der Waals surface area contributed by atoms with Crippen LogP contribution >= 0.6 is 15.9 Å². The molecule has 2 aromatic rings. The molecule has 0 aliphatic rings. The van der Waals surface area contributed by atoms with Crippen LogP contribution in [-0.2, 0) is 6.42 Å². The van der Waals surface area contributed by atoms with Crippen LogP contribution in [0.25, 0.3) is 0 Å². The van der Waals surface area contributed by atoms with Crippen molar-refractivity contribution < 1.29 is 8.78 Å². The topological polar surface area (TPSA) is 12.0 Å². The number of hydrogen-bond acceptors (Lipinski definition) is 1. The molecule has 0 saturated carbocycles. The highest BCUT2D eigenvalue weighted by Crippen LogP contribution is 2.27. The van der Waals surface area contributed by atoms with E-state index in [9.17, 15) is 8.78 Å². The average molecular weight is 354 g/mol. The summed E-state index contributed by atoms with van der Waals surface area (Å²) in [5, 5.41) is 3.41. The summed E-state index contributed by atoms with van der Waals surface area (Å²) < 4.78 is 27.4. The fourth-order valence-electron chi connectivity index (χ4n) is 2.44. The second-order valence-electron chi connectivity index (χ2n) is 5.02. The van der Waals surface area contributed by atoms with Crippen molar-refractivity contribution in [3.05, 3.63) is 69.2 Å². The summed E-state index contributed by atoms with van der Waals surface area (Å²) in [6.45, 7) is 4.89. The largest absolute Gasteiger partial charge is 0.310 e. The Bertz CT molecular complexity index is 628. The van der Waals surface area contributed by atoms with Crippen molar-refractivity contribution in [2.24, 2.45) is 0 Å². The first-order valence-corrected chi connectivity index (χ1v) is 7.74. The zero-order valence-corrected chi connectivity index (χ0v) is 13.7. The van der Waals surface area contributed by atoms with Crippen LogP contribution < -0.4 is 5.32 Å². The molecule has 21 heavy (non-hydrogen) atoms. The van der Waals surface area contributed by atoms with Crippen molar-refractivity contribution >= 4 is 15.9 Å². The summed E-state index contributed by atoms with van der Waals surface area (Å²) >= 11 is 3.53. The number of benzene rings is 2. The molecule has 0 fully saturated rings. The molecule has 1 unspecified atom stereocenters. The highest BCUT2D eigenvalue weighted by Gasteiger charge is 2.15. The van der Waals surface area contributed by atoms with Gasteiger partial charge in [-0.2, -0.15) is 0 Å². The molecule has 0 spiro atoms. The van der Waals surface area contributed by atoms with E-state index in [4.69, 9.17) is 0 Å². The molecule has 0 aromatic heterocycles. The molecule has 0 bridgehead atoms. The van der Waals surface area contributed by atoms with Crippen LogP contribution in [0.3, 0.4) is 0 Å². The highest BCUT2D eigenvalue weighted by molar-refractivity contribution is 9.10. The Morgan fingerprint density at radius 1 is 1.14 bits per heavy atom. The van der Waals surface area contributed by atoms with Crippen LogP contribution in [-0.4, -0.2) is 6.54 Å². The minimum absolute atomic E-state index is 0.0670. The average Bonchev–Trinajstić information content (AvgIpc) is 2.45. The molecule has 4 heteroatoms. The summed E-state index contributed by atoms with van der Waals surface area (Å²) in [6, 6.07) is 10.2. The molecule has 1 nitrogen and oxygen atoms in total. The van der Waals surface area contributed by atoms with Gasteiger partial charge in [-0.05, 0) is 54.8 Å². The van der Waals surface area contributed by atoms with Gasteiger partial charge < -0.3 is 5.32 Å². The second kappa shape index (κ2) is 7.14. The van der Waals surface area contributed by atoms with Crippen LogP contribution in [0.1, 0.15) is 29.7 Å². The number of hydrogen-bond donors (Lipinski definition) is 1. The van der Waals surface area contributed by atoms with E-state index in [0.717, 1.165) is 27.7 Å². The Hall–Kier alpha value is -1.26. The zero-order chi connectivity index (χ0) is 15.4. The molecular weight excluding hydrogens is 336 g/mol. The van der Waals surface area contributed by atoms with Gasteiger partial charge in [-0.15, -0.1) is 0 Å². The van der Waals surface area contributed by atoms with Gasteiger partial charge in [0.05, 0.1) is 0 Å². The monoisotopic (exact) mass is 353 g/mol. The predicted molar refractivity (Wildman–Crippen MR) is 85.4 cm³/mol. The Balaban J connectivity index is 2.30.